The van der Waals surface area contributed by atoms with Crippen LogP contribution in [0.25, 0.3) is 0 Å². The predicted octanol–water partition coefficient (Wildman–Crippen LogP) is -0.184. The molecular formula is C2H4NO. The van der Waals surface area contributed by atoms with Crippen LogP contribution in [0, 0.1) is 0 Å². The van der Waals surface area contributed by atoms with Crippen molar-refractivity contribution in [2.24, 2.45) is 0 Å². The molecule has 0 saturated carbocycles. The first-order chi connectivity index (χ1) is 1.73. The van der Waals surface area contributed by atoms with Crippen LogP contribution in [0.5, 0.6) is 0 Å². The second-order valence-corrected chi connectivity index (χ2v) is 0.556. The first-order valence-electron chi connectivity index (χ1n) is 0.954. The number of carbonyl (C=O) groups is 1. The van der Waals surface area contributed by atoms with E-state index >= 15 is 0 Å². The molecule has 0 heterocycles. The molecule has 1 amide bonds. The monoisotopic (exact) mass is 58.0 g/mol. The highest BCUT2D eigenvalue weighted by molar-refractivity contribution is 5.69. The van der Waals surface area contributed by atoms with Gasteiger partial charge in [0.15, 0.2) is 0 Å². The first kappa shape index (κ1) is 3.47. The lowest BCUT2D eigenvalue weighted by molar-refractivity contribution is -0.116. The van der Waals surface area contributed by atoms with E-state index in [-0.39, 0.29) is 0 Å². The quantitative estimate of drug-likeness (QED) is 0.380. The Bertz CT molecular complexity index is 29.0. The van der Waals surface area contributed by atoms with E-state index in [9.17, 15) is 0 Å². The average molecular weight is 58.1 g/mol. The molecule has 1 radical (unpaired) electrons. The zero-order chi connectivity index (χ0) is 3.58. The summed E-state index contributed by atoms with van der Waals surface area (Å²) in [4.78, 5) is 9.11. The van der Waals surface area contributed by atoms with Crippen LogP contribution in [0.1, 0.15) is 6.92 Å². The van der Waals surface area contributed by atoms with Gasteiger partial charge in [-0.25, -0.2) is 0 Å². The molecule has 0 rings (SSSR count). The zero-order valence-corrected chi connectivity index (χ0v) is 2.41. The molecule has 0 spiro atoms. The van der Waals surface area contributed by atoms with Crippen molar-refractivity contribution in [3.05, 3.63) is 0 Å². The molecule has 0 aliphatic carbocycles. The van der Waals surface area contributed by atoms with E-state index in [0.717, 1.165) is 0 Å². The normalized spacial score (nSPS) is 6.25. The van der Waals surface area contributed by atoms with Gasteiger partial charge < -0.3 is 0 Å². The summed E-state index contributed by atoms with van der Waals surface area (Å²) in [7, 11) is 0. The fraction of sp³-hybridized carbons (Fsp3) is 0.500. The molecule has 0 atom stereocenters. The Morgan fingerprint density at radius 1 is 2.00 bits per heavy atom. The maximum Gasteiger partial charge on any atom is 0.235 e. The van der Waals surface area contributed by atoms with Gasteiger partial charge in [0, 0.05) is 6.92 Å². The number of hydrogen-bond donors (Lipinski definition) is 0. The van der Waals surface area contributed by atoms with Crippen LogP contribution >= 0.6 is 0 Å². The lowest BCUT2D eigenvalue weighted by Gasteiger charge is -1.56. The van der Waals surface area contributed by atoms with Crippen molar-refractivity contribution in [2.45, 2.75) is 6.92 Å². The zero-order valence-electron chi connectivity index (χ0n) is 2.41. The van der Waals surface area contributed by atoms with Crippen LogP contribution in [-0.2, 0) is 4.79 Å². The number of rotatable bonds is 0. The summed E-state index contributed by atoms with van der Waals surface area (Å²) in [6.45, 7) is 1.19. The van der Waals surface area contributed by atoms with Crippen molar-refractivity contribution in [1.29, 1.82) is 0 Å². The Balaban J connectivity index is 2.80. The molecule has 0 aliphatic rings. The van der Waals surface area contributed by atoms with Crippen LogP contribution in [0.15, 0.2) is 0 Å². The number of carbonyl (C=O) groups excluding carboxylic acids is 1. The minimum absolute atomic E-state index is 0.583. The maximum absolute atomic E-state index is 9.11. The lowest BCUT2D eigenvalue weighted by atomic mass is 10.8. The number of hydrogen-bond acceptors (Lipinski definition) is 1. The summed E-state index contributed by atoms with van der Waals surface area (Å²) in [5.41, 5.74) is 5.94. The van der Waals surface area contributed by atoms with Gasteiger partial charge in [-0.3, -0.25) is 10.5 Å². The van der Waals surface area contributed by atoms with Crippen molar-refractivity contribution in [3.8, 4) is 0 Å². The minimum Gasteiger partial charge on any atom is -0.274 e. The molecule has 2 nitrogen and oxygen atoms in total. The van der Waals surface area contributed by atoms with Gasteiger partial charge in [0.2, 0.25) is 5.91 Å². The third-order valence-corrected chi connectivity index (χ3v) is 0. The van der Waals surface area contributed by atoms with E-state index < -0.39 is 5.91 Å². The molecule has 2 heteroatoms. The molecule has 0 unspecified atom stereocenters. The third-order valence-electron chi connectivity index (χ3n) is 0. The van der Waals surface area contributed by atoms with E-state index in [1.807, 2.05) is 0 Å². The van der Waals surface area contributed by atoms with Crippen molar-refractivity contribution in [2.75, 3.05) is 0 Å². The molecule has 1 N–H and O–H groups in total. The predicted molar refractivity (Wildman–Crippen MR) is 13.8 cm³/mol. The molecule has 0 aromatic rings. The second kappa shape index (κ2) is 0.875. The van der Waals surface area contributed by atoms with E-state index in [0.29, 0.717) is 0 Å². The molecular weight excluding hydrogens is 54.0 g/mol. The molecule has 0 aliphatic heterocycles. The Labute approximate surface area is 24.6 Å². The molecule has 0 aromatic heterocycles. The largest absolute Gasteiger partial charge is 0.274 e. The summed E-state index contributed by atoms with van der Waals surface area (Å²) in [6, 6.07) is 0. The molecule has 0 saturated heterocycles. The van der Waals surface area contributed by atoms with Gasteiger partial charge in [0.05, 0.1) is 0 Å². The summed E-state index contributed by atoms with van der Waals surface area (Å²) in [6.07, 6.45) is 0. The van der Waals surface area contributed by atoms with E-state index in [1.54, 1.807) is 0 Å². The molecule has 0 fully saturated rings. The van der Waals surface area contributed by atoms with Gasteiger partial charge in [0.25, 0.3) is 0 Å². The molecule has 23 valence electrons. The van der Waals surface area contributed by atoms with Crippen LogP contribution in [-0.4, -0.2) is 5.91 Å². The summed E-state index contributed by atoms with van der Waals surface area (Å²) in [5, 5.41) is 0. The Hall–Kier alpha value is -0.530. The van der Waals surface area contributed by atoms with Gasteiger partial charge in [-0.1, -0.05) is 0 Å². The van der Waals surface area contributed by atoms with Crippen LogP contribution in [0.2, 0.25) is 0 Å². The first-order valence-corrected chi connectivity index (χ1v) is 0.954. The SMILES string of the molecule is CC([NH])=O. The highest BCUT2D eigenvalue weighted by Gasteiger charge is 1.64. The van der Waals surface area contributed by atoms with Crippen molar-refractivity contribution in [3.63, 3.8) is 0 Å². The topological polar surface area (TPSA) is 40.9 Å². The van der Waals surface area contributed by atoms with Crippen LogP contribution < -0.4 is 5.73 Å². The number of amides is 1. The van der Waals surface area contributed by atoms with Crippen molar-refractivity contribution >= 4 is 5.91 Å². The minimum atomic E-state index is -0.583. The smallest absolute Gasteiger partial charge is 0.235 e. The molecule has 0 aromatic carbocycles. The van der Waals surface area contributed by atoms with Gasteiger partial charge in [-0.2, -0.15) is 0 Å². The van der Waals surface area contributed by atoms with Crippen LogP contribution in [0.3, 0.4) is 0 Å². The number of nitrogens with one attached hydrogen (secondary N) is 1. The fourth-order valence-electron chi connectivity index (χ4n) is 0. The Kier molecular flexibility index (Phi) is 0.759. The van der Waals surface area contributed by atoms with E-state index in [1.165, 1.54) is 6.92 Å². The highest BCUT2D eigenvalue weighted by Crippen LogP contribution is 1.39. The van der Waals surface area contributed by atoms with Gasteiger partial charge in [-0.05, 0) is 0 Å². The van der Waals surface area contributed by atoms with Crippen molar-refractivity contribution < 1.29 is 4.79 Å². The van der Waals surface area contributed by atoms with Gasteiger partial charge >= 0.3 is 0 Å². The lowest BCUT2D eigenvalue weighted by Crippen LogP contribution is -1.83. The third kappa shape index (κ3) is 1.16. The van der Waals surface area contributed by atoms with Crippen LogP contribution in [0.4, 0.5) is 0 Å². The van der Waals surface area contributed by atoms with Gasteiger partial charge in [-0.15, -0.1) is 0 Å². The summed E-state index contributed by atoms with van der Waals surface area (Å²) >= 11 is 0. The maximum atomic E-state index is 9.11. The fourth-order valence-corrected chi connectivity index (χ4v) is 0. The van der Waals surface area contributed by atoms with Crippen molar-refractivity contribution in [1.82, 2.24) is 5.73 Å². The summed E-state index contributed by atoms with van der Waals surface area (Å²) < 4.78 is 0. The summed E-state index contributed by atoms with van der Waals surface area (Å²) in [5.74, 6) is -0.583. The Morgan fingerprint density at radius 3 is 2.00 bits per heavy atom. The molecule has 4 heavy (non-hydrogen) atoms. The van der Waals surface area contributed by atoms with Gasteiger partial charge in [0.1, 0.15) is 0 Å². The Morgan fingerprint density at radius 2 is 2.00 bits per heavy atom. The highest BCUT2D eigenvalue weighted by atomic mass is 16.1. The second-order valence-electron chi connectivity index (χ2n) is 0.556. The standard InChI is InChI=1S/C2H4NO/c1-2(3)4/h3H,1H3. The van der Waals surface area contributed by atoms with E-state index in [2.05, 4.69) is 0 Å². The molecule has 0 bridgehead atoms. The average Bonchev–Trinajstić information content (AvgIpc) is 0.811. The van der Waals surface area contributed by atoms with E-state index in [4.69, 9.17) is 10.5 Å².